The van der Waals surface area contributed by atoms with Crippen molar-refractivity contribution in [3.05, 3.63) is 39.5 Å². The average Bonchev–Trinajstić information content (AvgIpc) is 2.49. The smallest absolute Gasteiger partial charge is 0.356 e. The van der Waals surface area contributed by atoms with Crippen molar-refractivity contribution in [3.8, 4) is 17.0 Å². The number of carboxylic acid groups (broad SMARTS) is 1. The van der Waals surface area contributed by atoms with Crippen molar-refractivity contribution in [1.82, 2.24) is 4.98 Å². The first-order valence-corrected chi connectivity index (χ1v) is 7.36. The number of carbonyl (C=O) groups is 2. The number of hydrogen-bond donors (Lipinski definition) is 2. The molecule has 1 amide bonds. The van der Waals surface area contributed by atoms with E-state index in [0.717, 1.165) is 26.2 Å². The van der Waals surface area contributed by atoms with Crippen molar-refractivity contribution >= 4 is 40.8 Å². The summed E-state index contributed by atoms with van der Waals surface area (Å²) in [5.74, 6) is -4.81. The lowest BCUT2D eigenvalue weighted by atomic mass is 10.1. The van der Waals surface area contributed by atoms with Gasteiger partial charge in [-0.15, -0.1) is 0 Å². The molecule has 0 atom stereocenters. The second-order valence-electron chi connectivity index (χ2n) is 4.77. The maximum Gasteiger partial charge on any atom is 0.356 e. The van der Waals surface area contributed by atoms with Crippen molar-refractivity contribution in [3.63, 3.8) is 0 Å². The Morgan fingerprint density at radius 3 is 2.44 bits per heavy atom. The first-order valence-electron chi connectivity index (χ1n) is 6.60. The van der Waals surface area contributed by atoms with Crippen LogP contribution in [0.3, 0.4) is 0 Å². The molecule has 0 aliphatic rings. The quantitative estimate of drug-likeness (QED) is 0.823. The van der Waals surface area contributed by atoms with E-state index in [1.165, 1.54) is 0 Å². The Bertz CT molecular complexity index is 891. The second-order valence-corrected chi connectivity index (χ2v) is 5.55. The number of aromatic nitrogens is 1. The second kappa shape index (κ2) is 7.20. The molecule has 0 bridgehead atoms. The number of rotatable bonds is 4. The van der Waals surface area contributed by atoms with Gasteiger partial charge < -0.3 is 15.2 Å². The number of anilines is 1. The Morgan fingerprint density at radius 2 is 1.92 bits per heavy atom. The standard InChI is InChI=1S/C15H10Cl2F2N2O4/c1-5(22)20-9-4-8(21-13(11(9)17)15(23)24)10-7(18)3-6(16)14(25-2)12(10)19/h3-4H,1-2H3,(H,23,24)(H,20,21,22). The molecule has 1 heterocycles. The first kappa shape index (κ1) is 18.9. The zero-order valence-electron chi connectivity index (χ0n) is 12.8. The van der Waals surface area contributed by atoms with E-state index in [-0.39, 0.29) is 15.7 Å². The number of hydrogen-bond acceptors (Lipinski definition) is 4. The summed E-state index contributed by atoms with van der Waals surface area (Å²) < 4.78 is 33.6. The lowest BCUT2D eigenvalue weighted by Crippen LogP contribution is -2.11. The van der Waals surface area contributed by atoms with Crippen LogP contribution in [-0.2, 0) is 4.79 Å². The molecule has 132 valence electrons. The molecule has 0 aliphatic carbocycles. The number of amides is 1. The Morgan fingerprint density at radius 1 is 1.28 bits per heavy atom. The van der Waals surface area contributed by atoms with Gasteiger partial charge in [0.25, 0.3) is 0 Å². The summed E-state index contributed by atoms with van der Waals surface area (Å²) in [5.41, 5.74) is -1.93. The minimum absolute atomic E-state index is 0.163. The highest BCUT2D eigenvalue weighted by Gasteiger charge is 2.25. The molecule has 0 aliphatic heterocycles. The monoisotopic (exact) mass is 390 g/mol. The summed E-state index contributed by atoms with van der Waals surface area (Å²) in [6.45, 7) is 1.16. The van der Waals surface area contributed by atoms with E-state index >= 15 is 0 Å². The van der Waals surface area contributed by atoms with Crippen LogP contribution in [-0.4, -0.2) is 29.1 Å². The molecule has 2 aromatic rings. The third kappa shape index (κ3) is 3.64. The first-order chi connectivity index (χ1) is 11.7. The van der Waals surface area contributed by atoms with Gasteiger partial charge >= 0.3 is 5.97 Å². The Balaban J connectivity index is 2.82. The largest absolute Gasteiger partial charge is 0.492 e. The van der Waals surface area contributed by atoms with Crippen LogP contribution in [0.2, 0.25) is 10.0 Å². The number of carboxylic acids is 1. The summed E-state index contributed by atoms with van der Waals surface area (Å²) in [6, 6.07) is 1.85. The molecule has 0 unspecified atom stereocenters. The van der Waals surface area contributed by atoms with Gasteiger partial charge in [0, 0.05) is 6.92 Å². The molecule has 1 aromatic heterocycles. The van der Waals surface area contributed by atoms with Gasteiger partial charge in [-0.25, -0.2) is 18.6 Å². The van der Waals surface area contributed by atoms with Gasteiger partial charge in [0.1, 0.15) is 5.82 Å². The lowest BCUT2D eigenvalue weighted by molar-refractivity contribution is -0.114. The van der Waals surface area contributed by atoms with E-state index in [1.807, 2.05) is 0 Å². The van der Waals surface area contributed by atoms with Gasteiger partial charge in [0.2, 0.25) is 5.91 Å². The highest BCUT2D eigenvalue weighted by atomic mass is 35.5. The number of nitrogens with zero attached hydrogens (tertiary/aromatic N) is 1. The number of carbonyl (C=O) groups excluding carboxylic acids is 1. The predicted molar refractivity (Wildman–Crippen MR) is 87.4 cm³/mol. The fraction of sp³-hybridized carbons (Fsp3) is 0.133. The molecule has 0 saturated carbocycles. The molecule has 10 heteroatoms. The van der Waals surface area contributed by atoms with E-state index < -0.39 is 46.2 Å². The van der Waals surface area contributed by atoms with E-state index in [4.69, 9.17) is 27.9 Å². The van der Waals surface area contributed by atoms with E-state index in [1.54, 1.807) is 0 Å². The molecule has 0 radical (unpaired) electrons. The zero-order valence-corrected chi connectivity index (χ0v) is 14.3. The van der Waals surface area contributed by atoms with Crippen LogP contribution in [0.25, 0.3) is 11.3 Å². The van der Waals surface area contributed by atoms with E-state index in [0.29, 0.717) is 0 Å². The number of pyridine rings is 1. The molecule has 0 fully saturated rings. The Hall–Kier alpha value is -2.45. The molecular weight excluding hydrogens is 381 g/mol. The maximum absolute atomic E-state index is 14.6. The van der Waals surface area contributed by atoms with Gasteiger partial charge in [-0.3, -0.25) is 4.79 Å². The van der Waals surface area contributed by atoms with Crippen LogP contribution >= 0.6 is 23.2 Å². The highest BCUT2D eigenvalue weighted by molar-refractivity contribution is 6.36. The average molecular weight is 391 g/mol. The van der Waals surface area contributed by atoms with Gasteiger partial charge in [0.05, 0.1) is 34.1 Å². The summed E-state index contributed by atoms with van der Waals surface area (Å²) >= 11 is 11.6. The summed E-state index contributed by atoms with van der Waals surface area (Å²) in [4.78, 5) is 26.2. The summed E-state index contributed by atoms with van der Waals surface area (Å²) in [7, 11) is 1.13. The van der Waals surface area contributed by atoms with Gasteiger partial charge in [-0.2, -0.15) is 0 Å². The Labute approximate surface area is 150 Å². The van der Waals surface area contributed by atoms with E-state index in [2.05, 4.69) is 10.3 Å². The predicted octanol–water partition coefficient (Wildman–Crippen LogP) is 4.00. The van der Waals surface area contributed by atoms with Crippen molar-refractivity contribution in [2.75, 3.05) is 12.4 Å². The van der Waals surface area contributed by atoms with Crippen molar-refractivity contribution in [1.29, 1.82) is 0 Å². The van der Waals surface area contributed by atoms with Crippen LogP contribution < -0.4 is 10.1 Å². The zero-order chi connectivity index (χ0) is 18.9. The Kier molecular flexibility index (Phi) is 5.44. The summed E-state index contributed by atoms with van der Waals surface area (Å²) in [6.07, 6.45) is 0. The van der Waals surface area contributed by atoms with E-state index in [9.17, 15) is 23.5 Å². The molecule has 1 aromatic carbocycles. The van der Waals surface area contributed by atoms with Gasteiger partial charge in [-0.1, -0.05) is 23.2 Å². The number of benzene rings is 1. The number of methoxy groups -OCH3 is 1. The molecule has 2 N–H and O–H groups in total. The van der Waals surface area contributed by atoms with Crippen LogP contribution in [0.5, 0.6) is 5.75 Å². The molecular formula is C15H10Cl2F2N2O4. The highest BCUT2D eigenvalue weighted by Crippen LogP contribution is 2.38. The van der Waals surface area contributed by atoms with Crippen molar-refractivity contribution < 1.29 is 28.2 Å². The molecule has 0 saturated heterocycles. The van der Waals surface area contributed by atoms with Gasteiger partial charge in [0.15, 0.2) is 17.3 Å². The number of ether oxygens (including phenoxy) is 1. The topological polar surface area (TPSA) is 88.5 Å². The number of nitrogens with one attached hydrogen (secondary N) is 1. The fourth-order valence-corrected chi connectivity index (χ4v) is 2.55. The number of aromatic carboxylic acids is 1. The van der Waals surface area contributed by atoms with Crippen LogP contribution in [0.4, 0.5) is 14.5 Å². The molecule has 6 nitrogen and oxygen atoms in total. The lowest BCUT2D eigenvalue weighted by Gasteiger charge is -2.13. The minimum atomic E-state index is -1.54. The van der Waals surface area contributed by atoms with Gasteiger partial charge in [-0.05, 0) is 12.1 Å². The van der Waals surface area contributed by atoms with Crippen LogP contribution in [0, 0.1) is 11.6 Å². The third-order valence-corrected chi connectivity index (χ3v) is 3.72. The SMILES string of the molecule is COc1c(Cl)cc(F)c(-c2cc(NC(C)=O)c(Cl)c(C(=O)O)n2)c1F. The van der Waals surface area contributed by atoms with Crippen LogP contribution in [0.1, 0.15) is 17.4 Å². The molecule has 2 rings (SSSR count). The van der Waals surface area contributed by atoms with Crippen LogP contribution in [0.15, 0.2) is 12.1 Å². The number of halogens is 4. The van der Waals surface area contributed by atoms with Crippen molar-refractivity contribution in [2.24, 2.45) is 0 Å². The third-order valence-electron chi connectivity index (χ3n) is 3.06. The normalized spacial score (nSPS) is 10.5. The maximum atomic E-state index is 14.6. The fourth-order valence-electron chi connectivity index (χ4n) is 2.07. The van der Waals surface area contributed by atoms with Crippen molar-refractivity contribution in [2.45, 2.75) is 6.92 Å². The molecule has 0 spiro atoms. The minimum Gasteiger partial charge on any atom is -0.492 e. The molecule has 25 heavy (non-hydrogen) atoms. The summed E-state index contributed by atoms with van der Waals surface area (Å²) in [5, 5.41) is 10.8.